The van der Waals surface area contributed by atoms with Gasteiger partial charge in [0.15, 0.2) is 6.10 Å². The quantitative estimate of drug-likeness (QED) is 0.0264. The normalized spacial score (nSPS) is 13.1. The molecule has 0 saturated heterocycles. The van der Waals surface area contributed by atoms with E-state index in [1.54, 1.807) is 0 Å². The van der Waals surface area contributed by atoms with Gasteiger partial charge in [-0.1, -0.05) is 231 Å². The minimum absolute atomic E-state index is 0.0569. The minimum atomic E-state index is -4.54. The molecule has 2 N–H and O–H groups in total. The maximum absolute atomic E-state index is 12.8. The van der Waals surface area contributed by atoms with E-state index in [0.717, 1.165) is 83.5 Å². The Balaban J connectivity index is 4.49. The molecule has 0 heterocycles. The molecule has 0 aromatic heterocycles. The molecule has 0 bridgehead atoms. The zero-order chi connectivity index (χ0) is 48.3. The Labute approximate surface area is 406 Å². The van der Waals surface area contributed by atoms with Gasteiger partial charge in [-0.3, -0.25) is 23.4 Å². The van der Waals surface area contributed by atoms with Gasteiger partial charge in [0.2, 0.25) is 5.91 Å². The second-order valence-corrected chi connectivity index (χ2v) is 20.2. The number of esters is 2. The Morgan fingerprint density at radius 1 is 0.470 bits per heavy atom. The Kier molecular flexibility index (Phi) is 49.3. The van der Waals surface area contributed by atoms with Gasteiger partial charge >= 0.3 is 19.8 Å². The van der Waals surface area contributed by atoms with E-state index in [1.165, 1.54) is 148 Å². The fourth-order valence-electron chi connectivity index (χ4n) is 7.94. The number of carbonyl (C=O) groups is 3. The predicted molar refractivity (Wildman–Crippen MR) is 276 cm³/mol. The van der Waals surface area contributed by atoms with Crippen LogP contribution in [0.1, 0.15) is 278 Å². The highest BCUT2D eigenvalue weighted by atomic mass is 31.2. The number of amides is 1. The molecule has 0 aliphatic rings. The van der Waals surface area contributed by atoms with Crippen molar-refractivity contribution in [1.82, 2.24) is 5.32 Å². The molecule has 66 heavy (non-hydrogen) atoms. The summed E-state index contributed by atoms with van der Waals surface area (Å²) in [5, 5.41) is 2.73. The predicted octanol–water partition coefficient (Wildman–Crippen LogP) is 16.5. The maximum Gasteiger partial charge on any atom is 0.472 e. The SMILES string of the molecule is CCCCC/C=C\C/C=C\CCCCCCCC(=O)NCCOP(=O)(O)OC[C@@H](COC(=O)CCCCCCCCCCCCCCC)OC(=O)CCCCCCCCCCCCCCC. The van der Waals surface area contributed by atoms with Crippen molar-refractivity contribution in [2.75, 3.05) is 26.4 Å². The second-order valence-electron chi connectivity index (χ2n) is 18.7. The maximum atomic E-state index is 12.8. The number of nitrogens with one attached hydrogen (secondary N) is 1. The van der Waals surface area contributed by atoms with Crippen molar-refractivity contribution in [3.05, 3.63) is 24.3 Å². The Hall–Kier alpha value is -2.00. The Morgan fingerprint density at radius 2 is 0.848 bits per heavy atom. The third kappa shape index (κ3) is 49.9. The number of phosphoric ester groups is 1. The number of ether oxygens (including phenoxy) is 2. The van der Waals surface area contributed by atoms with Crippen LogP contribution in [0.5, 0.6) is 0 Å². The van der Waals surface area contributed by atoms with Gasteiger partial charge in [-0.05, 0) is 51.4 Å². The van der Waals surface area contributed by atoms with Crippen LogP contribution < -0.4 is 5.32 Å². The molecule has 1 amide bonds. The van der Waals surface area contributed by atoms with Gasteiger partial charge in [0.1, 0.15) is 6.61 Å². The summed E-state index contributed by atoms with van der Waals surface area (Å²) in [7, 11) is -4.54. The van der Waals surface area contributed by atoms with E-state index in [1.807, 2.05) is 0 Å². The van der Waals surface area contributed by atoms with Gasteiger partial charge in [0.25, 0.3) is 0 Å². The number of hydrogen-bond donors (Lipinski definition) is 2. The molecule has 0 aliphatic heterocycles. The molecule has 0 spiro atoms. The summed E-state index contributed by atoms with van der Waals surface area (Å²) in [6, 6.07) is 0. The molecule has 388 valence electrons. The zero-order valence-corrected chi connectivity index (χ0v) is 44.1. The lowest BCUT2D eigenvalue weighted by Gasteiger charge is -2.20. The van der Waals surface area contributed by atoms with Crippen molar-refractivity contribution in [3.63, 3.8) is 0 Å². The van der Waals surface area contributed by atoms with Crippen LogP contribution in [-0.4, -0.2) is 55.2 Å². The monoisotopic (exact) mass is 954 g/mol. The Bertz CT molecular complexity index is 1190. The smallest absolute Gasteiger partial charge is 0.462 e. The summed E-state index contributed by atoms with van der Waals surface area (Å²) in [4.78, 5) is 48.1. The topological polar surface area (TPSA) is 137 Å². The highest BCUT2D eigenvalue weighted by molar-refractivity contribution is 7.47. The first kappa shape index (κ1) is 64.0. The van der Waals surface area contributed by atoms with Crippen molar-refractivity contribution in [1.29, 1.82) is 0 Å². The number of unbranched alkanes of at least 4 members (excludes halogenated alkanes) is 32. The lowest BCUT2D eigenvalue weighted by atomic mass is 10.0. The summed E-state index contributed by atoms with van der Waals surface area (Å²) in [5.74, 6) is -0.983. The highest BCUT2D eigenvalue weighted by Crippen LogP contribution is 2.43. The molecule has 10 nitrogen and oxygen atoms in total. The Morgan fingerprint density at radius 3 is 1.32 bits per heavy atom. The second kappa shape index (κ2) is 50.9. The van der Waals surface area contributed by atoms with Gasteiger partial charge in [-0.25, -0.2) is 4.57 Å². The summed E-state index contributed by atoms with van der Waals surface area (Å²) in [6.45, 7) is 5.82. The fraction of sp³-hybridized carbons (Fsp3) is 0.873. The molecule has 0 rings (SSSR count). The van der Waals surface area contributed by atoms with Crippen molar-refractivity contribution >= 4 is 25.7 Å². The largest absolute Gasteiger partial charge is 0.472 e. The highest BCUT2D eigenvalue weighted by Gasteiger charge is 2.26. The third-order valence-corrected chi connectivity index (χ3v) is 13.1. The molecule has 0 fully saturated rings. The van der Waals surface area contributed by atoms with Gasteiger partial charge in [0.05, 0.1) is 13.2 Å². The molecule has 1 unspecified atom stereocenters. The standard InChI is InChI=1S/C55H104NO9P/c1-4-7-10-13-16-19-22-25-26-29-30-33-36-39-42-45-53(57)56-48-49-63-66(60,61)64-51-52(65-55(59)47-44-41-38-35-32-28-24-21-18-15-12-9-6-3)50-62-54(58)46-43-40-37-34-31-27-23-20-17-14-11-8-5-2/h16,19,25-26,52H,4-15,17-18,20-24,27-51H2,1-3H3,(H,56,57)(H,60,61)/b19-16-,26-25-/t52-/m1/s1. The first-order valence-electron chi connectivity index (χ1n) is 27.8. The average molecular weight is 954 g/mol. The van der Waals surface area contributed by atoms with Gasteiger partial charge < -0.3 is 19.7 Å². The van der Waals surface area contributed by atoms with E-state index in [-0.39, 0.29) is 38.5 Å². The number of allylic oxidation sites excluding steroid dienone is 4. The van der Waals surface area contributed by atoms with E-state index in [2.05, 4.69) is 50.4 Å². The van der Waals surface area contributed by atoms with Gasteiger partial charge in [-0.15, -0.1) is 0 Å². The average Bonchev–Trinajstić information content (AvgIpc) is 3.30. The molecule has 11 heteroatoms. The summed E-state index contributed by atoms with van der Waals surface area (Å²) < 4.78 is 34.1. The molecule has 0 radical (unpaired) electrons. The first-order chi connectivity index (χ1) is 32.2. The summed E-state index contributed by atoms with van der Waals surface area (Å²) >= 11 is 0. The van der Waals surface area contributed by atoms with Crippen LogP contribution in [0.4, 0.5) is 0 Å². The van der Waals surface area contributed by atoms with E-state index in [9.17, 15) is 23.8 Å². The van der Waals surface area contributed by atoms with E-state index < -0.39 is 32.5 Å². The van der Waals surface area contributed by atoms with Crippen LogP contribution in [0.15, 0.2) is 24.3 Å². The first-order valence-corrected chi connectivity index (χ1v) is 29.3. The molecular weight excluding hydrogens is 850 g/mol. The van der Waals surface area contributed by atoms with Crippen LogP contribution >= 0.6 is 7.82 Å². The third-order valence-electron chi connectivity index (χ3n) is 12.2. The van der Waals surface area contributed by atoms with Gasteiger partial charge in [0, 0.05) is 25.8 Å². The van der Waals surface area contributed by atoms with Crippen LogP contribution in [0.25, 0.3) is 0 Å². The van der Waals surface area contributed by atoms with Crippen molar-refractivity contribution < 1.29 is 42.4 Å². The van der Waals surface area contributed by atoms with Gasteiger partial charge in [-0.2, -0.15) is 0 Å². The number of phosphoric acid groups is 1. The van der Waals surface area contributed by atoms with Crippen molar-refractivity contribution in [2.45, 2.75) is 284 Å². The van der Waals surface area contributed by atoms with Crippen LogP contribution in [0.3, 0.4) is 0 Å². The van der Waals surface area contributed by atoms with Crippen molar-refractivity contribution in [2.24, 2.45) is 0 Å². The van der Waals surface area contributed by atoms with Crippen molar-refractivity contribution in [3.8, 4) is 0 Å². The summed E-state index contributed by atoms with van der Waals surface area (Å²) in [6.07, 6.45) is 52.5. The van der Waals surface area contributed by atoms with Crippen LogP contribution in [0, 0.1) is 0 Å². The van der Waals surface area contributed by atoms with E-state index in [4.69, 9.17) is 18.5 Å². The van der Waals surface area contributed by atoms with Crippen LogP contribution in [0.2, 0.25) is 0 Å². The minimum Gasteiger partial charge on any atom is -0.462 e. The molecule has 0 aromatic carbocycles. The van der Waals surface area contributed by atoms with E-state index in [0.29, 0.717) is 12.8 Å². The number of rotatable bonds is 52. The number of hydrogen-bond acceptors (Lipinski definition) is 8. The molecule has 2 atom stereocenters. The molecule has 0 saturated carbocycles. The zero-order valence-electron chi connectivity index (χ0n) is 43.2. The van der Waals surface area contributed by atoms with E-state index >= 15 is 0 Å². The number of carbonyl (C=O) groups excluding carboxylic acids is 3. The lowest BCUT2D eigenvalue weighted by molar-refractivity contribution is -0.161. The molecular formula is C55H104NO9P. The molecule has 0 aliphatic carbocycles. The lowest BCUT2D eigenvalue weighted by Crippen LogP contribution is -2.30. The summed E-state index contributed by atoms with van der Waals surface area (Å²) in [5.41, 5.74) is 0. The fourth-order valence-corrected chi connectivity index (χ4v) is 8.70. The molecule has 0 aromatic rings. The van der Waals surface area contributed by atoms with Crippen LogP contribution in [-0.2, 0) is 37.5 Å².